The molecule has 0 bridgehead atoms. The first-order chi connectivity index (χ1) is 10.4. The van der Waals surface area contributed by atoms with Crippen molar-refractivity contribution in [3.05, 3.63) is 53.3 Å². The van der Waals surface area contributed by atoms with E-state index < -0.39 is 10.0 Å². The van der Waals surface area contributed by atoms with Crippen molar-refractivity contribution in [1.82, 2.24) is 10.3 Å². The molecule has 0 atom stereocenters. The zero-order valence-electron chi connectivity index (χ0n) is 11.6. The smallest absolute Gasteiger partial charge is 0.267 e. The van der Waals surface area contributed by atoms with Gasteiger partial charge in [-0.2, -0.15) is 0 Å². The number of carbonyl (C=O) groups excluding carboxylic acids is 2. The Morgan fingerprint density at radius 1 is 1.18 bits per heavy atom. The number of sulfonamides is 1. The van der Waals surface area contributed by atoms with Crippen LogP contribution in [-0.4, -0.2) is 32.1 Å². The number of aromatic amines is 1. The number of nitrogens with one attached hydrogen (secondary N) is 2. The first-order valence-corrected chi connectivity index (χ1v) is 7.99. The van der Waals surface area contributed by atoms with Crippen LogP contribution in [0.1, 0.15) is 26.5 Å². The highest BCUT2D eigenvalue weighted by molar-refractivity contribution is 7.89. The van der Waals surface area contributed by atoms with Crippen molar-refractivity contribution in [3.63, 3.8) is 0 Å². The van der Waals surface area contributed by atoms with Crippen molar-refractivity contribution < 1.29 is 18.0 Å². The van der Waals surface area contributed by atoms with Crippen molar-refractivity contribution in [3.8, 4) is 0 Å². The molecule has 0 saturated heterocycles. The molecule has 1 amide bonds. The van der Waals surface area contributed by atoms with Crippen LogP contribution in [0.25, 0.3) is 0 Å². The zero-order chi connectivity index (χ0) is 16.2. The van der Waals surface area contributed by atoms with Crippen LogP contribution in [0.5, 0.6) is 0 Å². The Bertz CT molecular complexity index is 779. The molecule has 0 fully saturated rings. The van der Waals surface area contributed by atoms with Crippen LogP contribution in [0, 0.1) is 0 Å². The summed E-state index contributed by atoms with van der Waals surface area (Å²) in [6, 6.07) is 9.19. The molecule has 116 valence electrons. The molecule has 0 spiro atoms. The minimum Gasteiger partial charge on any atom is -0.350 e. The number of aromatic nitrogens is 1. The van der Waals surface area contributed by atoms with Gasteiger partial charge in [0, 0.05) is 6.54 Å². The lowest BCUT2D eigenvalue weighted by Crippen LogP contribution is -2.26. The SMILES string of the molecule is NS(=O)(=O)c1ccc(CCNC(=O)c2ccc(C=O)[nH]2)cc1. The molecule has 2 aromatic rings. The average Bonchev–Trinajstić information content (AvgIpc) is 2.96. The third kappa shape index (κ3) is 4.03. The Hall–Kier alpha value is -2.45. The molecule has 0 aliphatic heterocycles. The Balaban J connectivity index is 1.88. The van der Waals surface area contributed by atoms with E-state index in [9.17, 15) is 18.0 Å². The molecule has 1 aromatic carbocycles. The summed E-state index contributed by atoms with van der Waals surface area (Å²) in [5.41, 5.74) is 1.52. The lowest BCUT2D eigenvalue weighted by molar-refractivity contribution is 0.0949. The van der Waals surface area contributed by atoms with Crippen LogP contribution in [0.2, 0.25) is 0 Å². The number of carbonyl (C=O) groups is 2. The number of H-pyrrole nitrogens is 1. The monoisotopic (exact) mass is 321 g/mol. The van der Waals surface area contributed by atoms with Gasteiger partial charge >= 0.3 is 0 Å². The number of nitrogens with two attached hydrogens (primary N) is 1. The highest BCUT2D eigenvalue weighted by Gasteiger charge is 2.08. The number of hydrogen-bond acceptors (Lipinski definition) is 4. The van der Waals surface area contributed by atoms with Gasteiger partial charge in [0.05, 0.1) is 10.6 Å². The highest BCUT2D eigenvalue weighted by Crippen LogP contribution is 2.09. The molecule has 8 heteroatoms. The largest absolute Gasteiger partial charge is 0.350 e. The number of hydrogen-bond donors (Lipinski definition) is 3. The Labute approximate surface area is 127 Å². The topological polar surface area (TPSA) is 122 Å². The summed E-state index contributed by atoms with van der Waals surface area (Å²) >= 11 is 0. The van der Waals surface area contributed by atoms with Crippen molar-refractivity contribution in [1.29, 1.82) is 0 Å². The first-order valence-electron chi connectivity index (χ1n) is 6.44. The summed E-state index contributed by atoms with van der Waals surface area (Å²) < 4.78 is 22.2. The number of amides is 1. The number of aldehydes is 1. The lowest BCUT2D eigenvalue weighted by atomic mass is 10.1. The van der Waals surface area contributed by atoms with E-state index in [1.165, 1.54) is 24.3 Å². The molecule has 1 heterocycles. The zero-order valence-corrected chi connectivity index (χ0v) is 12.4. The van der Waals surface area contributed by atoms with Crippen LogP contribution >= 0.6 is 0 Å². The third-order valence-electron chi connectivity index (χ3n) is 3.03. The van der Waals surface area contributed by atoms with Crippen LogP contribution in [0.15, 0.2) is 41.3 Å². The summed E-state index contributed by atoms with van der Waals surface area (Å²) in [7, 11) is -3.69. The Morgan fingerprint density at radius 2 is 1.86 bits per heavy atom. The first kappa shape index (κ1) is 15.9. The summed E-state index contributed by atoms with van der Waals surface area (Å²) in [5, 5.41) is 7.71. The van der Waals surface area contributed by atoms with E-state index in [4.69, 9.17) is 5.14 Å². The fraction of sp³-hybridized carbons (Fsp3) is 0.143. The molecule has 1 aromatic heterocycles. The van der Waals surface area contributed by atoms with Gasteiger partial charge in [-0.05, 0) is 36.2 Å². The van der Waals surface area contributed by atoms with Crippen LogP contribution in [-0.2, 0) is 16.4 Å². The fourth-order valence-electron chi connectivity index (χ4n) is 1.87. The number of rotatable bonds is 6. The van der Waals surface area contributed by atoms with Crippen LogP contribution < -0.4 is 10.5 Å². The predicted octanol–water partition coefficient (Wildman–Crippen LogP) is 0.447. The van der Waals surface area contributed by atoms with Crippen molar-refractivity contribution in [2.75, 3.05) is 6.54 Å². The van der Waals surface area contributed by atoms with Gasteiger partial charge in [-0.25, -0.2) is 13.6 Å². The number of benzene rings is 1. The van der Waals surface area contributed by atoms with Crippen molar-refractivity contribution >= 4 is 22.2 Å². The summed E-state index contributed by atoms with van der Waals surface area (Å²) in [6.07, 6.45) is 1.17. The quantitative estimate of drug-likeness (QED) is 0.668. The Morgan fingerprint density at radius 3 is 2.41 bits per heavy atom. The van der Waals surface area contributed by atoms with Gasteiger partial charge in [0.25, 0.3) is 5.91 Å². The van der Waals surface area contributed by atoms with E-state index in [0.29, 0.717) is 30.6 Å². The molecule has 0 saturated carbocycles. The highest BCUT2D eigenvalue weighted by atomic mass is 32.2. The molecule has 22 heavy (non-hydrogen) atoms. The fourth-order valence-corrected chi connectivity index (χ4v) is 2.39. The molecule has 0 aliphatic carbocycles. The van der Waals surface area contributed by atoms with Crippen LogP contribution in [0.4, 0.5) is 0 Å². The molecule has 0 aliphatic rings. The van der Waals surface area contributed by atoms with E-state index in [-0.39, 0.29) is 10.8 Å². The van der Waals surface area contributed by atoms with Crippen molar-refractivity contribution in [2.24, 2.45) is 5.14 Å². The standard InChI is InChI=1S/C14H15N3O4S/c15-22(20,21)12-4-1-10(2-5-12)7-8-16-14(19)13-6-3-11(9-18)17-13/h1-6,9,17H,7-8H2,(H,16,19)(H2,15,20,21). The summed E-state index contributed by atoms with van der Waals surface area (Å²) in [6.45, 7) is 0.378. The van der Waals surface area contributed by atoms with E-state index in [2.05, 4.69) is 10.3 Å². The maximum Gasteiger partial charge on any atom is 0.267 e. The predicted molar refractivity (Wildman–Crippen MR) is 80.0 cm³/mol. The normalized spacial score (nSPS) is 11.1. The molecule has 2 rings (SSSR count). The van der Waals surface area contributed by atoms with E-state index in [1.807, 2.05) is 0 Å². The third-order valence-corrected chi connectivity index (χ3v) is 3.96. The Kier molecular flexibility index (Phi) is 4.74. The van der Waals surface area contributed by atoms with Gasteiger partial charge in [-0.3, -0.25) is 9.59 Å². The molecular formula is C14H15N3O4S. The van der Waals surface area contributed by atoms with E-state index >= 15 is 0 Å². The molecule has 4 N–H and O–H groups in total. The lowest BCUT2D eigenvalue weighted by Gasteiger charge is -2.05. The van der Waals surface area contributed by atoms with Gasteiger partial charge in [-0.15, -0.1) is 0 Å². The van der Waals surface area contributed by atoms with Crippen molar-refractivity contribution in [2.45, 2.75) is 11.3 Å². The second-order valence-corrected chi connectivity index (χ2v) is 6.20. The van der Waals surface area contributed by atoms with Gasteiger partial charge in [0.2, 0.25) is 10.0 Å². The van der Waals surface area contributed by atoms with E-state index in [0.717, 1.165) is 5.56 Å². The summed E-state index contributed by atoms with van der Waals surface area (Å²) in [5.74, 6) is -0.311. The van der Waals surface area contributed by atoms with Gasteiger partial charge in [0.15, 0.2) is 6.29 Å². The molecule has 0 radical (unpaired) electrons. The minimum atomic E-state index is -3.69. The minimum absolute atomic E-state index is 0.0491. The average molecular weight is 321 g/mol. The molecule has 7 nitrogen and oxygen atoms in total. The maximum absolute atomic E-state index is 11.8. The van der Waals surface area contributed by atoms with Crippen LogP contribution in [0.3, 0.4) is 0 Å². The van der Waals surface area contributed by atoms with Gasteiger partial charge in [-0.1, -0.05) is 12.1 Å². The number of primary sulfonamides is 1. The van der Waals surface area contributed by atoms with Gasteiger partial charge in [0.1, 0.15) is 5.69 Å². The molecule has 0 unspecified atom stereocenters. The van der Waals surface area contributed by atoms with E-state index in [1.54, 1.807) is 12.1 Å². The summed E-state index contributed by atoms with van der Waals surface area (Å²) in [4.78, 5) is 25.0. The second kappa shape index (κ2) is 6.54. The second-order valence-electron chi connectivity index (χ2n) is 4.64. The molecular weight excluding hydrogens is 306 g/mol. The van der Waals surface area contributed by atoms with Gasteiger partial charge < -0.3 is 10.3 Å². The maximum atomic E-state index is 11.8.